The summed E-state index contributed by atoms with van der Waals surface area (Å²) >= 11 is 0. The van der Waals surface area contributed by atoms with E-state index in [0.717, 1.165) is 18.6 Å². The SMILES string of the molecule is Cl.NC[C@H]1CC[C@@H](C(=O)N2CCc3cc(F)c(F)cc32)O1. The van der Waals surface area contributed by atoms with E-state index in [0.29, 0.717) is 37.2 Å². The molecule has 2 atom stereocenters. The molecule has 0 saturated carbocycles. The highest BCUT2D eigenvalue weighted by molar-refractivity contribution is 5.98. The molecule has 2 aliphatic rings. The molecule has 116 valence electrons. The largest absolute Gasteiger partial charge is 0.364 e. The van der Waals surface area contributed by atoms with Gasteiger partial charge in [-0.2, -0.15) is 0 Å². The van der Waals surface area contributed by atoms with Crippen LogP contribution in [-0.2, 0) is 16.0 Å². The first-order chi connectivity index (χ1) is 9.60. The molecule has 21 heavy (non-hydrogen) atoms. The van der Waals surface area contributed by atoms with E-state index in [1.54, 1.807) is 0 Å². The second-order valence-electron chi connectivity index (χ2n) is 5.19. The van der Waals surface area contributed by atoms with Crippen molar-refractivity contribution in [2.24, 2.45) is 5.73 Å². The minimum Gasteiger partial charge on any atom is -0.364 e. The van der Waals surface area contributed by atoms with E-state index in [9.17, 15) is 13.6 Å². The van der Waals surface area contributed by atoms with Crippen molar-refractivity contribution >= 4 is 24.0 Å². The molecular formula is C14H17ClF2N2O2. The Balaban J connectivity index is 0.00000161. The van der Waals surface area contributed by atoms with Gasteiger partial charge < -0.3 is 15.4 Å². The Morgan fingerprint density at radius 3 is 2.71 bits per heavy atom. The molecule has 1 aromatic carbocycles. The van der Waals surface area contributed by atoms with Crippen LogP contribution in [0.15, 0.2) is 12.1 Å². The number of nitrogens with zero attached hydrogens (tertiary/aromatic N) is 1. The quantitative estimate of drug-likeness (QED) is 0.904. The van der Waals surface area contributed by atoms with E-state index in [4.69, 9.17) is 10.5 Å². The van der Waals surface area contributed by atoms with Crippen LogP contribution in [0.4, 0.5) is 14.5 Å². The van der Waals surface area contributed by atoms with Gasteiger partial charge in [0.05, 0.1) is 11.8 Å². The van der Waals surface area contributed by atoms with E-state index in [2.05, 4.69) is 0 Å². The highest BCUT2D eigenvalue weighted by Crippen LogP contribution is 2.32. The van der Waals surface area contributed by atoms with E-state index >= 15 is 0 Å². The van der Waals surface area contributed by atoms with Crippen molar-refractivity contribution in [1.82, 2.24) is 0 Å². The minimum absolute atomic E-state index is 0. The first kappa shape index (κ1) is 16.1. The molecular weight excluding hydrogens is 302 g/mol. The maximum atomic E-state index is 13.3. The van der Waals surface area contributed by atoms with E-state index in [-0.39, 0.29) is 24.4 Å². The van der Waals surface area contributed by atoms with E-state index < -0.39 is 17.7 Å². The third kappa shape index (κ3) is 2.88. The monoisotopic (exact) mass is 318 g/mol. The predicted molar refractivity (Wildman–Crippen MR) is 76.6 cm³/mol. The number of carbonyl (C=O) groups is 1. The molecule has 0 radical (unpaired) electrons. The number of rotatable bonds is 2. The molecule has 3 rings (SSSR count). The van der Waals surface area contributed by atoms with Gasteiger partial charge in [-0.05, 0) is 30.9 Å². The lowest BCUT2D eigenvalue weighted by Gasteiger charge is -2.21. The summed E-state index contributed by atoms with van der Waals surface area (Å²) in [7, 11) is 0. The highest BCUT2D eigenvalue weighted by Gasteiger charge is 2.36. The molecule has 1 aromatic rings. The fourth-order valence-corrected chi connectivity index (χ4v) is 2.85. The summed E-state index contributed by atoms with van der Waals surface area (Å²) in [6, 6.07) is 2.25. The van der Waals surface area contributed by atoms with Crippen LogP contribution in [0.2, 0.25) is 0 Å². The number of anilines is 1. The number of ether oxygens (including phenoxy) is 1. The van der Waals surface area contributed by atoms with Crippen molar-refractivity contribution in [1.29, 1.82) is 0 Å². The number of halogens is 3. The number of hydrogen-bond donors (Lipinski definition) is 1. The Morgan fingerprint density at radius 1 is 1.33 bits per heavy atom. The van der Waals surface area contributed by atoms with Crippen molar-refractivity contribution in [3.05, 3.63) is 29.3 Å². The lowest BCUT2D eigenvalue weighted by atomic mass is 10.1. The first-order valence-corrected chi connectivity index (χ1v) is 6.75. The maximum Gasteiger partial charge on any atom is 0.256 e. The molecule has 0 bridgehead atoms. The topological polar surface area (TPSA) is 55.6 Å². The van der Waals surface area contributed by atoms with Crippen molar-refractivity contribution < 1.29 is 18.3 Å². The van der Waals surface area contributed by atoms with Crippen molar-refractivity contribution in [2.45, 2.75) is 31.5 Å². The van der Waals surface area contributed by atoms with Gasteiger partial charge in [0.1, 0.15) is 6.10 Å². The third-order valence-corrected chi connectivity index (χ3v) is 3.93. The number of nitrogens with two attached hydrogens (primary N) is 1. The van der Waals surface area contributed by atoms with Gasteiger partial charge in [0.15, 0.2) is 11.6 Å². The van der Waals surface area contributed by atoms with E-state index in [1.165, 1.54) is 4.90 Å². The molecule has 0 unspecified atom stereocenters. The molecule has 0 aromatic heterocycles. The predicted octanol–water partition coefficient (Wildman–Crippen LogP) is 1.78. The zero-order valence-electron chi connectivity index (χ0n) is 11.4. The zero-order valence-corrected chi connectivity index (χ0v) is 12.2. The van der Waals surface area contributed by atoms with Gasteiger partial charge in [0, 0.05) is 19.2 Å². The summed E-state index contributed by atoms with van der Waals surface area (Å²) < 4.78 is 32.1. The summed E-state index contributed by atoms with van der Waals surface area (Å²) in [5.41, 5.74) is 6.63. The summed E-state index contributed by atoms with van der Waals surface area (Å²) in [5, 5.41) is 0. The second kappa shape index (κ2) is 6.25. The Morgan fingerprint density at radius 2 is 2.05 bits per heavy atom. The normalized spacial score (nSPS) is 23.9. The van der Waals surface area contributed by atoms with Gasteiger partial charge in [-0.15, -0.1) is 12.4 Å². The standard InChI is InChI=1S/C14H16F2N2O2.ClH/c15-10-5-8-3-4-18(12(8)6-11(10)16)14(19)13-2-1-9(7-17)20-13;/h5-6,9,13H,1-4,7,17H2;1H/t9-,13+;/m1./s1. The number of carbonyl (C=O) groups excluding carboxylic acids is 1. The average Bonchev–Trinajstić information content (AvgIpc) is 3.05. The molecule has 0 spiro atoms. The fourth-order valence-electron chi connectivity index (χ4n) is 2.85. The van der Waals surface area contributed by atoms with Crippen LogP contribution in [0, 0.1) is 11.6 Å². The van der Waals surface area contributed by atoms with Crippen molar-refractivity contribution in [3.8, 4) is 0 Å². The van der Waals surface area contributed by atoms with Crippen LogP contribution in [0.1, 0.15) is 18.4 Å². The average molecular weight is 319 g/mol. The summed E-state index contributed by atoms with van der Waals surface area (Å²) in [5.74, 6) is -2.00. The number of benzene rings is 1. The molecule has 2 aliphatic heterocycles. The van der Waals surface area contributed by atoms with Crippen molar-refractivity contribution in [3.63, 3.8) is 0 Å². The van der Waals surface area contributed by atoms with Gasteiger partial charge in [0.25, 0.3) is 5.91 Å². The molecule has 1 amide bonds. The van der Waals surface area contributed by atoms with Gasteiger partial charge in [-0.25, -0.2) is 8.78 Å². The maximum absolute atomic E-state index is 13.3. The van der Waals surface area contributed by atoms with Gasteiger partial charge >= 0.3 is 0 Å². The van der Waals surface area contributed by atoms with Gasteiger partial charge in [0.2, 0.25) is 0 Å². The Labute approximate surface area is 127 Å². The molecule has 0 aliphatic carbocycles. The fraction of sp³-hybridized carbons (Fsp3) is 0.500. The molecule has 4 nitrogen and oxygen atoms in total. The Kier molecular flexibility index (Phi) is 4.81. The summed E-state index contributed by atoms with van der Waals surface area (Å²) in [4.78, 5) is 13.9. The van der Waals surface area contributed by atoms with Gasteiger partial charge in [-0.3, -0.25) is 4.79 Å². The van der Waals surface area contributed by atoms with Crippen molar-refractivity contribution in [2.75, 3.05) is 18.0 Å². The lowest BCUT2D eigenvalue weighted by molar-refractivity contribution is -0.129. The third-order valence-electron chi connectivity index (χ3n) is 3.93. The van der Waals surface area contributed by atoms with E-state index in [1.807, 2.05) is 0 Å². The van der Waals surface area contributed by atoms with Crippen LogP contribution in [0.25, 0.3) is 0 Å². The molecule has 1 saturated heterocycles. The molecule has 2 heterocycles. The summed E-state index contributed by atoms with van der Waals surface area (Å²) in [6.45, 7) is 0.824. The van der Waals surface area contributed by atoms with Crippen LogP contribution in [-0.4, -0.2) is 31.2 Å². The Bertz CT molecular complexity index is 556. The highest BCUT2D eigenvalue weighted by atomic mass is 35.5. The molecule has 2 N–H and O–H groups in total. The van der Waals surface area contributed by atoms with Gasteiger partial charge in [-0.1, -0.05) is 0 Å². The lowest BCUT2D eigenvalue weighted by Crippen LogP contribution is -2.38. The van der Waals surface area contributed by atoms with Crippen LogP contribution in [0.3, 0.4) is 0 Å². The summed E-state index contributed by atoms with van der Waals surface area (Å²) in [6.07, 6.45) is 1.30. The smallest absolute Gasteiger partial charge is 0.256 e. The van der Waals surface area contributed by atoms with Crippen LogP contribution in [0.5, 0.6) is 0 Å². The number of fused-ring (bicyclic) bond motifs is 1. The number of hydrogen-bond acceptors (Lipinski definition) is 3. The molecule has 1 fully saturated rings. The first-order valence-electron chi connectivity index (χ1n) is 6.75. The van der Waals surface area contributed by atoms with Crippen LogP contribution >= 0.6 is 12.4 Å². The zero-order chi connectivity index (χ0) is 14.3. The molecule has 7 heteroatoms. The Hall–Kier alpha value is -1.24. The minimum atomic E-state index is -0.935. The number of amides is 1. The van der Waals surface area contributed by atoms with Crippen LogP contribution < -0.4 is 10.6 Å². The second-order valence-corrected chi connectivity index (χ2v) is 5.19.